The number of halogens is 1. The molecule has 0 aliphatic carbocycles. The molecule has 2 atom stereocenters. The lowest BCUT2D eigenvalue weighted by Crippen LogP contribution is -2.53. The van der Waals surface area contributed by atoms with Crippen molar-refractivity contribution in [3.8, 4) is 0 Å². The van der Waals surface area contributed by atoms with Gasteiger partial charge in [-0.3, -0.25) is 4.79 Å². The molecule has 0 spiro atoms. The number of benzene rings is 2. The molecule has 4 N–H and O–H groups in total. The summed E-state index contributed by atoms with van der Waals surface area (Å²) in [5, 5.41) is 6.68. The van der Waals surface area contributed by atoms with E-state index >= 15 is 0 Å². The monoisotopic (exact) mass is 345 g/mol. The summed E-state index contributed by atoms with van der Waals surface area (Å²) in [4.78, 5) is 12.4. The molecule has 2 aromatic rings. The summed E-state index contributed by atoms with van der Waals surface area (Å²) in [7, 11) is 0. The van der Waals surface area contributed by atoms with E-state index in [0.29, 0.717) is 29.4 Å². The molecule has 5 nitrogen and oxygen atoms in total. The molecule has 6 heteroatoms. The van der Waals surface area contributed by atoms with Gasteiger partial charge in [0.15, 0.2) is 0 Å². The molecular formula is C18H20ClN3O2. The fraction of sp³-hybridized carbons (Fsp3) is 0.278. The number of morpholine rings is 1. The van der Waals surface area contributed by atoms with Gasteiger partial charge in [0, 0.05) is 29.4 Å². The van der Waals surface area contributed by atoms with Gasteiger partial charge >= 0.3 is 0 Å². The maximum Gasteiger partial charge on any atom is 0.255 e. The van der Waals surface area contributed by atoms with Crippen molar-refractivity contribution < 1.29 is 9.53 Å². The Hall–Kier alpha value is -1.92. The Morgan fingerprint density at radius 3 is 2.88 bits per heavy atom. The molecule has 3 rings (SSSR count). The summed E-state index contributed by atoms with van der Waals surface area (Å²) in [6, 6.07) is 14.4. The number of ether oxygens (including phenoxy) is 1. The second kappa shape index (κ2) is 6.91. The van der Waals surface area contributed by atoms with E-state index in [4.69, 9.17) is 22.1 Å². The lowest BCUT2D eigenvalue weighted by atomic mass is 9.94. The smallest absolute Gasteiger partial charge is 0.255 e. The Morgan fingerprint density at radius 2 is 2.12 bits per heavy atom. The van der Waals surface area contributed by atoms with E-state index in [1.54, 1.807) is 24.3 Å². The van der Waals surface area contributed by atoms with Crippen molar-refractivity contribution in [1.29, 1.82) is 0 Å². The number of hydrogen-bond donors (Lipinski definition) is 3. The third-order valence-corrected chi connectivity index (χ3v) is 4.27. The zero-order valence-corrected chi connectivity index (χ0v) is 14.1. The van der Waals surface area contributed by atoms with Crippen LogP contribution >= 0.6 is 11.6 Å². The van der Waals surface area contributed by atoms with E-state index < -0.39 is 5.60 Å². The van der Waals surface area contributed by atoms with Crippen molar-refractivity contribution >= 4 is 23.2 Å². The predicted molar refractivity (Wildman–Crippen MR) is 95.1 cm³/mol. The summed E-state index contributed by atoms with van der Waals surface area (Å²) >= 11 is 5.94. The number of carbonyl (C=O) groups excluding carboxylic acids is 1. The number of nitrogens with two attached hydrogens (primary N) is 1. The molecule has 126 valence electrons. The lowest BCUT2D eigenvalue weighted by Gasteiger charge is -2.38. The van der Waals surface area contributed by atoms with Gasteiger partial charge in [-0.05, 0) is 42.8 Å². The predicted octanol–water partition coefficient (Wildman–Crippen LogP) is 2.71. The Morgan fingerprint density at radius 1 is 1.33 bits per heavy atom. The molecule has 0 radical (unpaired) electrons. The van der Waals surface area contributed by atoms with Crippen molar-refractivity contribution in [2.24, 2.45) is 5.73 Å². The zero-order valence-electron chi connectivity index (χ0n) is 13.4. The average molecular weight is 346 g/mol. The van der Waals surface area contributed by atoms with Crippen LogP contribution in [0.1, 0.15) is 22.8 Å². The maximum absolute atomic E-state index is 12.4. The van der Waals surface area contributed by atoms with Crippen LogP contribution in [-0.2, 0) is 10.3 Å². The number of anilines is 1. The second-order valence-corrected chi connectivity index (χ2v) is 6.50. The molecule has 1 fully saturated rings. The molecule has 24 heavy (non-hydrogen) atoms. The molecule has 2 aromatic carbocycles. The van der Waals surface area contributed by atoms with Gasteiger partial charge in [-0.15, -0.1) is 0 Å². The summed E-state index contributed by atoms with van der Waals surface area (Å²) in [6.45, 7) is 3.27. The minimum atomic E-state index is -0.533. The summed E-state index contributed by atoms with van der Waals surface area (Å²) < 4.78 is 5.91. The van der Waals surface area contributed by atoms with Crippen LogP contribution in [0.2, 0.25) is 5.02 Å². The van der Waals surface area contributed by atoms with Gasteiger partial charge in [-0.1, -0.05) is 29.8 Å². The Balaban J connectivity index is 1.79. The van der Waals surface area contributed by atoms with Crippen LogP contribution in [-0.4, -0.2) is 25.2 Å². The fourth-order valence-corrected chi connectivity index (χ4v) is 2.99. The average Bonchev–Trinajstić information content (AvgIpc) is 2.55. The quantitative estimate of drug-likeness (QED) is 0.799. The highest BCUT2D eigenvalue weighted by molar-refractivity contribution is 6.31. The van der Waals surface area contributed by atoms with E-state index in [9.17, 15) is 4.79 Å². The molecular weight excluding hydrogens is 326 g/mol. The first-order chi connectivity index (χ1) is 11.5. The van der Waals surface area contributed by atoms with E-state index in [1.807, 2.05) is 31.2 Å². The zero-order chi connectivity index (χ0) is 17.2. The number of nitrogens with one attached hydrogen (secondary N) is 2. The molecule has 1 amide bonds. The minimum Gasteiger partial charge on any atom is -0.350 e. The van der Waals surface area contributed by atoms with E-state index in [1.165, 1.54) is 0 Å². The first kappa shape index (κ1) is 16.9. The highest BCUT2D eigenvalue weighted by atomic mass is 35.5. The normalized spacial score (nSPS) is 23.7. The molecule has 1 aliphatic rings. The summed E-state index contributed by atoms with van der Waals surface area (Å²) in [5.74, 6) is -0.209. The second-order valence-electron chi connectivity index (χ2n) is 6.06. The maximum atomic E-state index is 12.4. The topological polar surface area (TPSA) is 76.4 Å². The van der Waals surface area contributed by atoms with Gasteiger partial charge in [-0.2, -0.15) is 0 Å². The van der Waals surface area contributed by atoms with Crippen molar-refractivity contribution in [2.45, 2.75) is 18.8 Å². The number of amides is 1. The molecule has 1 saturated heterocycles. The largest absolute Gasteiger partial charge is 0.350 e. The van der Waals surface area contributed by atoms with Crippen LogP contribution in [0, 0.1) is 0 Å². The third-order valence-electron chi connectivity index (χ3n) is 4.04. The van der Waals surface area contributed by atoms with Gasteiger partial charge in [0.1, 0.15) is 11.8 Å². The highest BCUT2D eigenvalue weighted by Gasteiger charge is 2.33. The van der Waals surface area contributed by atoms with Crippen LogP contribution in [0.15, 0.2) is 48.5 Å². The van der Waals surface area contributed by atoms with Crippen LogP contribution in [0.25, 0.3) is 0 Å². The molecule has 0 bridgehead atoms. The summed E-state index contributed by atoms with van der Waals surface area (Å²) in [6.07, 6.45) is -0.353. The van der Waals surface area contributed by atoms with Crippen LogP contribution in [0.3, 0.4) is 0 Å². The fourth-order valence-electron chi connectivity index (χ4n) is 2.80. The Bertz CT molecular complexity index is 753. The molecule has 1 heterocycles. The SMILES string of the molecule is CC1(c2cccc(NC(=O)c3cccc(Cl)c3)c2)CNCC(N)O1. The standard InChI is InChI=1S/C18H20ClN3O2/c1-18(11-21-10-16(20)24-18)13-5-3-7-15(9-13)22-17(23)12-4-2-6-14(19)8-12/h2-9,16,21H,10-11,20H2,1H3,(H,22,23). The molecule has 1 aliphatic heterocycles. The lowest BCUT2D eigenvalue weighted by molar-refractivity contribution is -0.107. The first-order valence-electron chi connectivity index (χ1n) is 7.78. The van der Waals surface area contributed by atoms with Crippen molar-refractivity contribution in [3.05, 3.63) is 64.7 Å². The molecule has 0 saturated carbocycles. The van der Waals surface area contributed by atoms with Crippen molar-refractivity contribution in [2.75, 3.05) is 18.4 Å². The highest BCUT2D eigenvalue weighted by Crippen LogP contribution is 2.29. The van der Waals surface area contributed by atoms with Crippen LogP contribution in [0.4, 0.5) is 5.69 Å². The van der Waals surface area contributed by atoms with Gasteiger partial charge in [0.05, 0.1) is 0 Å². The van der Waals surface area contributed by atoms with Crippen LogP contribution < -0.4 is 16.4 Å². The van der Waals surface area contributed by atoms with E-state index in [2.05, 4.69) is 10.6 Å². The summed E-state index contributed by atoms with van der Waals surface area (Å²) in [5.41, 5.74) is 7.52. The first-order valence-corrected chi connectivity index (χ1v) is 8.16. The van der Waals surface area contributed by atoms with Crippen molar-refractivity contribution in [3.63, 3.8) is 0 Å². The molecule has 0 aromatic heterocycles. The van der Waals surface area contributed by atoms with E-state index in [-0.39, 0.29) is 12.1 Å². The van der Waals surface area contributed by atoms with Crippen molar-refractivity contribution in [1.82, 2.24) is 5.32 Å². The number of hydrogen-bond acceptors (Lipinski definition) is 4. The van der Waals surface area contributed by atoms with E-state index in [0.717, 1.165) is 5.56 Å². The number of rotatable bonds is 3. The van der Waals surface area contributed by atoms with Gasteiger partial charge in [0.25, 0.3) is 5.91 Å². The van der Waals surface area contributed by atoms with Crippen LogP contribution in [0.5, 0.6) is 0 Å². The third kappa shape index (κ3) is 3.76. The number of carbonyl (C=O) groups is 1. The van der Waals surface area contributed by atoms with Gasteiger partial charge in [-0.25, -0.2) is 0 Å². The van der Waals surface area contributed by atoms with Gasteiger partial charge < -0.3 is 21.1 Å². The van der Waals surface area contributed by atoms with Gasteiger partial charge in [0.2, 0.25) is 0 Å². The Labute approximate surface area is 146 Å². The Kier molecular flexibility index (Phi) is 4.87. The minimum absolute atomic E-state index is 0.209. The molecule has 2 unspecified atom stereocenters.